The van der Waals surface area contributed by atoms with Crippen LogP contribution < -0.4 is 4.74 Å². The Balaban J connectivity index is 2.03. The molecule has 0 saturated carbocycles. The number of ether oxygens (including phenoxy) is 1. The molecule has 0 radical (unpaired) electrons. The number of nitrogens with zero attached hydrogens (tertiary/aromatic N) is 1. The third-order valence-corrected chi connectivity index (χ3v) is 5.88. The lowest BCUT2D eigenvalue weighted by Crippen LogP contribution is -2.48. The molecule has 21 heavy (non-hydrogen) atoms. The van der Waals surface area contributed by atoms with Gasteiger partial charge in [-0.2, -0.15) is 0 Å². The molecule has 1 aliphatic carbocycles. The Morgan fingerprint density at radius 2 is 2.33 bits per heavy atom. The molecule has 4 rings (SSSR count). The van der Waals surface area contributed by atoms with Gasteiger partial charge in [0.25, 0.3) is 0 Å². The average molecular weight is 350 g/mol. The number of halogens is 1. The summed E-state index contributed by atoms with van der Waals surface area (Å²) in [5.41, 5.74) is 1.79. The first kappa shape index (κ1) is 13.3. The topological polar surface area (TPSA) is 49.8 Å². The van der Waals surface area contributed by atoms with E-state index in [4.69, 9.17) is 4.74 Å². The number of aromatic hydroxyl groups is 1. The van der Waals surface area contributed by atoms with Crippen LogP contribution in [0.1, 0.15) is 24.0 Å². The quantitative estimate of drug-likeness (QED) is 0.846. The van der Waals surface area contributed by atoms with Crippen LogP contribution in [0.3, 0.4) is 0 Å². The molecule has 4 nitrogen and oxygen atoms in total. The van der Waals surface area contributed by atoms with Crippen molar-refractivity contribution >= 4 is 21.7 Å². The number of allylic oxidation sites excluding steroid dienone is 1. The molecule has 1 aromatic carbocycles. The SMILES string of the molecule is COc1cc(Br)c2c(c1O)C13C=CC(=O)CC1N(CC3)C2. The Labute approximate surface area is 131 Å². The van der Waals surface area contributed by atoms with Gasteiger partial charge in [-0.25, -0.2) is 0 Å². The van der Waals surface area contributed by atoms with Gasteiger partial charge in [0.2, 0.25) is 0 Å². The average Bonchev–Trinajstić information content (AvgIpc) is 2.72. The van der Waals surface area contributed by atoms with E-state index in [1.54, 1.807) is 13.2 Å². The fraction of sp³-hybridized carbons (Fsp3) is 0.438. The predicted molar refractivity (Wildman–Crippen MR) is 81.6 cm³/mol. The molecular weight excluding hydrogens is 334 g/mol. The molecule has 1 saturated heterocycles. The summed E-state index contributed by atoms with van der Waals surface area (Å²) in [6.45, 7) is 1.71. The number of ketones is 1. The number of phenols is 1. The fourth-order valence-electron chi connectivity index (χ4n) is 4.22. The summed E-state index contributed by atoms with van der Waals surface area (Å²) in [5, 5.41) is 10.7. The van der Waals surface area contributed by atoms with E-state index in [0.717, 1.165) is 35.1 Å². The maximum Gasteiger partial charge on any atom is 0.162 e. The van der Waals surface area contributed by atoms with Crippen molar-refractivity contribution in [2.24, 2.45) is 0 Å². The lowest BCUT2D eigenvalue weighted by atomic mass is 9.66. The highest BCUT2D eigenvalue weighted by atomic mass is 79.9. The Morgan fingerprint density at radius 1 is 1.52 bits per heavy atom. The zero-order valence-corrected chi connectivity index (χ0v) is 13.3. The van der Waals surface area contributed by atoms with Crippen molar-refractivity contribution in [1.82, 2.24) is 4.90 Å². The Morgan fingerprint density at radius 3 is 3.10 bits per heavy atom. The van der Waals surface area contributed by atoms with Crippen molar-refractivity contribution in [3.8, 4) is 11.5 Å². The molecule has 3 atom stereocenters. The van der Waals surface area contributed by atoms with Gasteiger partial charge in [-0.1, -0.05) is 22.0 Å². The summed E-state index contributed by atoms with van der Waals surface area (Å²) in [6.07, 6.45) is 5.15. The molecule has 1 fully saturated rings. The summed E-state index contributed by atoms with van der Waals surface area (Å²) >= 11 is 3.61. The van der Waals surface area contributed by atoms with Crippen LogP contribution in [0, 0.1) is 0 Å². The number of carbonyl (C=O) groups excluding carboxylic acids is 1. The second-order valence-corrected chi connectivity index (χ2v) is 6.90. The van der Waals surface area contributed by atoms with Crippen molar-refractivity contribution in [1.29, 1.82) is 0 Å². The smallest absolute Gasteiger partial charge is 0.162 e. The van der Waals surface area contributed by atoms with Crippen molar-refractivity contribution in [3.05, 3.63) is 33.8 Å². The molecule has 2 aliphatic heterocycles. The minimum absolute atomic E-state index is 0.160. The summed E-state index contributed by atoms with van der Waals surface area (Å²) < 4.78 is 6.27. The molecular formula is C16H16BrNO3. The summed E-state index contributed by atoms with van der Waals surface area (Å²) in [6, 6.07) is 1.98. The lowest BCUT2D eigenvalue weighted by Gasteiger charge is -2.44. The summed E-state index contributed by atoms with van der Waals surface area (Å²) in [4.78, 5) is 14.2. The van der Waals surface area contributed by atoms with Crippen LogP contribution in [0.5, 0.6) is 11.5 Å². The molecule has 110 valence electrons. The number of hydrogen-bond acceptors (Lipinski definition) is 4. The molecule has 2 bridgehead atoms. The normalized spacial score (nSPS) is 32.8. The number of methoxy groups -OCH3 is 1. The van der Waals surface area contributed by atoms with E-state index in [-0.39, 0.29) is 23.0 Å². The van der Waals surface area contributed by atoms with Gasteiger partial charge in [0.05, 0.1) is 7.11 Å². The Hall–Kier alpha value is -1.33. The standard InChI is InChI=1S/C16H16BrNO3/c1-21-12-7-11(17)10-8-18-5-4-16(14(10)15(12)20)3-2-9(19)6-13(16)18/h2-3,7,13,20H,4-6,8H2,1H3. The third-order valence-electron chi connectivity index (χ3n) is 5.17. The van der Waals surface area contributed by atoms with E-state index in [0.29, 0.717) is 12.2 Å². The number of rotatable bonds is 1. The largest absolute Gasteiger partial charge is 0.504 e. The second kappa shape index (κ2) is 4.34. The number of hydrogen-bond donors (Lipinski definition) is 1. The number of fused-ring (bicyclic) bond motifs is 1. The number of carbonyl (C=O) groups is 1. The van der Waals surface area contributed by atoms with E-state index < -0.39 is 0 Å². The fourth-order valence-corrected chi connectivity index (χ4v) is 4.75. The third kappa shape index (κ3) is 1.62. The minimum Gasteiger partial charge on any atom is -0.504 e. The van der Waals surface area contributed by atoms with Crippen molar-refractivity contribution in [2.45, 2.75) is 30.8 Å². The summed E-state index contributed by atoms with van der Waals surface area (Å²) in [5.74, 6) is 0.882. The van der Waals surface area contributed by atoms with Crippen LogP contribution in [0.25, 0.3) is 0 Å². The first-order valence-electron chi connectivity index (χ1n) is 7.12. The van der Waals surface area contributed by atoms with Crippen LogP contribution >= 0.6 is 15.9 Å². The van der Waals surface area contributed by atoms with Crippen molar-refractivity contribution in [3.63, 3.8) is 0 Å². The highest BCUT2D eigenvalue weighted by Crippen LogP contribution is 2.56. The van der Waals surface area contributed by atoms with E-state index in [1.165, 1.54) is 0 Å². The number of phenolic OH excluding ortho intramolecular Hbond substituents is 1. The van der Waals surface area contributed by atoms with E-state index >= 15 is 0 Å². The van der Waals surface area contributed by atoms with Crippen LogP contribution in [0.15, 0.2) is 22.7 Å². The maximum absolute atomic E-state index is 11.8. The van der Waals surface area contributed by atoms with Crippen LogP contribution in [0.4, 0.5) is 0 Å². The molecule has 1 aromatic rings. The van der Waals surface area contributed by atoms with Gasteiger partial charge in [0.15, 0.2) is 17.3 Å². The first-order valence-corrected chi connectivity index (χ1v) is 7.91. The van der Waals surface area contributed by atoms with E-state index in [1.807, 2.05) is 12.1 Å². The van der Waals surface area contributed by atoms with Gasteiger partial charge in [-0.3, -0.25) is 9.69 Å². The second-order valence-electron chi connectivity index (χ2n) is 6.04. The molecule has 3 aliphatic rings. The van der Waals surface area contributed by atoms with Gasteiger partial charge in [-0.05, 0) is 24.1 Å². The molecule has 0 amide bonds. The maximum atomic E-state index is 11.8. The zero-order chi connectivity index (χ0) is 14.8. The number of benzene rings is 1. The zero-order valence-electron chi connectivity index (χ0n) is 11.7. The lowest BCUT2D eigenvalue weighted by molar-refractivity contribution is -0.116. The van der Waals surface area contributed by atoms with Gasteiger partial charge in [-0.15, -0.1) is 0 Å². The van der Waals surface area contributed by atoms with Gasteiger partial charge < -0.3 is 9.84 Å². The molecule has 3 unspecified atom stereocenters. The van der Waals surface area contributed by atoms with Gasteiger partial charge in [0, 0.05) is 41.0 Å². The van der Waals surface area contributed by atoms with E-state index in [2.05, 4.69) is 20.8 Å². The molecule has 0 aromatic heterocycles. The first-order chi connectivity index (χ1) is 10.1. The highest BCUT2D eigenvalue weighted by molar-refractivity contribution is 9.10. The van der Waals surface area contributed by atoms with Crippen LogP contribution in [-0.2, 0) is 16.8 Å². The van der Waals surface area contributed by atoms with Crippen LogP contribution in [-0.4, -0.2) is 35.5 Å². The predicted octanol–water partition coefficient (Wildman–Crippen LogP) is 2.52. The molecule has 2 heterocycles. The summed E-state index contributed by atoms with van der Waals surface area (Å²) in [7, 11) is 1.56. The van der Waals surface area contributed by atoms with E-state index in [9.17, 15) is 9.90 Å². The van der Waals surface area contributed by atoms with Gasteiger partial charge >= 0.3 is 0 Å². The highest BCUT2D eigenvalue weighted by Gasteiger charge is 2.54. The van der Waals surface area contributed by atoms with Crippen molar-refractivity contribution < 1.29 is 14.6 Å². The monoisotopic (exact) mass is 349 g/mol. The Kier molecular flexibility index (Phi) is 2.75. The Bertz CT molecular complexity index is 685. The minimum atomic E-state index is -0.261. The van der Waals surface area contributed by atoms with Gasteiger partial charge in [0.1, 0.15) is 0 Å². The van der Waals surface area contributed by atoms with Crippen molar-refractivity contribution in [2.75, 3.05) is 13.7 Å². The molecule has 1 N–H and O–H groups in total. The molecule has 5 heteroatoms. The molecule has 0 spiro atoms. The van der Waals surface area contributed by atoms with Crippen LogP contribution in [0.2, 0.25) is 0 Å².